The summed E-state index contributed by atoms with van der Waals surface area (Å²) >= 11 is 0. The van der Waals surface area contributed by atoms with Crippen LogP contribution in [0.15, 0.2) is 6.20 Å². The first-order valence-corrected chi connectivity index (χ1v) is 5.78. The van der Waals surface area contributed by atoms with E-state index < -0.39 is 6.10 Å². The first-order chi connectivity index (χ1) is 8.61. The molecule has 8 heteroatoms. The first-order valence-electron chi connectivity index (χ1n) is 5.78. The summed E-state index contributed by atoms with van der Waals surface area (Å²) in [5.74, 6) is -0.242. The van der Waals surface area contributed by atoms with Crippen molar-refractivity contribution in [3.63, 3.8) is 0 Å². The maximum Gasteiger partial charge on any atom is 0.324 e. The fourth-order valence-electron chi connectivity index (χ4n) is 1.67. The molecule has 1 aromatic heterocycles. The smallest absolute Gasteiger partial charge is 0.324 e. The Morgan fingerprint density at radius 1 is 1.50 bits per heavy atom. The number of carbonyl (C=O) groups excluding carboxylic acids is 2. The number of nitrogens with zero attached hydrogens (tertiary/aromatic N) is 4. The fraction of sp³-hybridized carbons (Fsp3) is 0.600. The minimum Gasteiger partial charge on any atom is -0.387 e. The van der Waals surface area contributed by atoms with E-state index in [0.717, 1.165) is 4.90 Å². The molecule has 1 aliphatic heterocycles. The Kier molecular flexibility index (Phi) is 3.56. The van der Waals surface area contributed by atoms with E-state index in [1.54, 1.807) is 6.20 Å². The van der Waals surface area contributed by atoms with Crippen molar-refractivity contribution in [2.75, 3.05) is 13.1 Å². The quantitative estimate of drug-likeness (QED) is 0.674. The second kappa shape index (κ2) is 5.13. The van der Waals surface area contributed by atoms with Gasteiger partial charge in [-0.05, 0) is 6.42 Å². The summed E-state index contributed by atoms with van der Waals surface area (Å²) in [5, 5.41) is 19.7. The normalized spacial score (nSPS) is 17.1. The average Bonchev–Trinajstić information content (AvgIpc) is 2.95. The predicted octanol–water partition coefficient (Wildman–Crippen LogP) is -0.727. The highest BCUT2D eigenvalue weighted by Crippen LogP contribution is 2.11. The van der Waals surface area contributed by atoms with Crippen molar-refractivity contribution >= 4 is 11.9 Å². The molecule has 1 atom stereocenters. The highest BCUT2D eigenvalue weighted by atomic mass is 16.3. The number of urea groups is 1. The van der Waals surface area contributed by atoms with Crippen LogP contribution in [0.2, 0.25) is 0 Å². The summed E-state index contributed by atoms with van der Waals surface area (Å²) in [4.78, 5) is 23.7. The molecule has 98 valence electrons. The number of rotatable bonds is 5. The number of aliphatic hydroxyl groups excluding tert-OH is 1. The van der Waals surface area contributed by atoms with Crippen molar-refractivity contribution in [3.8, 4) is 0 Å². The van der Waals surface area contributed by atoms with Gasteiger partial charge in [0.05, 0.1) is 31.9 Å². The molecule has 0 bridgehead atoms. The Balaban J connectivity index is 1.92. The molecule has 3 amide bonds. The minimum atomic E-state index is -0.629. The van der Waals surface area contributed by atoms with Gasteiger partial charge in [-0.2, -0.15) is 0 Å². The molecular weight excluding hydrogens is 238 g/mol. The van der Waals surface area contributed by atoms with Crippen LogP contribution in [0.4, 0.5) is 4.79 Å². The standard InChI is InChI=1S/C10H15N5O3/c1-2-8(16)7-6-14(13-12-7)3-4-15-9(17)5-11-10(15)18/h6,8,16H,2-5H2,1H3,(H,11,18). The Hall–Kier alpha value is -1.96. The molecular formula is C10H15N5O3. The maximum absolute atomic E-state index is 11.3. The van der Waals surface area contributed by atoms with E-state index in [1.807, 2.05) is 6.92 Å². The molecule has 2 heterocycles. The molecule has 0 spiro atoms. The number of aliphatic hydroxyl groups is 1. The zero-order valence-corrected chi connectivity index (χ0v) is 10.0. The second-order valence-corrected chi connectivity index (χ2v) is 4.03. The van der Waals surface area contributed by atoms with Gasteiger partial charge in [0, 0.05) is 0 Å². The molecule has 1 fully saturated rings. The molecule has 1 aliphatic rings. The van der Waals surface area contributed by atoms with Gasteiger partial charge in [0.2, 0.25) is 5.91 Å². The monoisotopic (exact) mass is 253 g/mol. The van der Waals surface area contributed by atoms with Gasteiger partial charge in [0.1, 0.15) is 5.69 Å². The number of nitrogens with one attached hydrogen (secondary N) is 1. The Morgan fingerprint density at radius 3 is 2.89 bits per heavy atom. The summed E-state index contributed by atoms with van der Waals surface area (Å²) in [5.41, 5.74) is 0.495. The lowest BCUT2D eigenvalue weighted by atomic mass is 10.2. The third-order valence-corrected chi connectivity index (χ3v) is 2.77. The van der Waals surface area contributed by atoms with Crippen molar-refractivity contribution in [3.05, 3.63) is 11.9 Å². The summed E-state index contributed by atoms with van der Waals surface area (Å²) in [6.45, 7) is 2.51. The van der Waals surface area contributed by atoms with Crippen LogP contribution in [0.1, 0.15) is 25.1 Å². The molecule has 1 aromatic rings. The van der Waals surface area contributed by atoms with Crippen LogP contribution < -0.4 is 5.32 Å². The van der Waals surface area contributed by atoms with Gasteiger partial charge in [-0.15, -0.1) is 5.10 Å². The van der Waals surface area contributed by atoms with Crippen LogP contribution in [-0.4, -0.2) is 50.0 Å². The van der Waals surface area contributed by atoms with Crippen LogP contribution in [0.5, 0.6) is 0 Å². The number of amides is 3. The van der Waals surface area contributed by atoms with E-state index in [-0.39, 0.29) is 25.0 Å². The molecule has 0 saturated carbocycles. The topological polar surface area (TPSA) is 100 Å². The lowest BCUT2D eigenvalue weighted by Gasteiger charge is -2.11. The van der Waals surface area contributed by atoms with Gasteiger partial charge < -0.3 is 10.4 Å². The lowest BCUT2D eigenvalue weighted by molar-refractivity contribution is -0.125. The summed E-state index contributed by atoms with van der Waals surface area (Å²) in [6.07, 6.45) is 1.55. The number of hydrogen-bond donors (Lipinski definition) is 2. The molecule has 0 aliphatic carbocycles. The fourth-order valence-corrected chi connectivity index (χ4v) is 1.67. The van der Waals surface area contributed by atoms with Crippen molar-refractivity contribution in [1.82, 2.24) is 25.2 Å². The second-order valence-electron chi connectivity index (χ2n) is 4.03. The molecule has 0 radical (unpaired) electrons. The number of carbonyl (C=O) groups is 2. The van der Waals surface area contributed by atoms with Crippen LogP contribution in [-0.2, 0) is 11.3 Å². The van der Waals surface area contributed by atoms with E-state index in [9.17, 15) is 14.7 Å². The van der Waals surface area contributed by atoms with E-state index in [2.05, 4.69) is 15.6 Å². The molecule has 2 N–H and O–H groups in total. The number of hydrogen-bond acceptors (Lipinski definition) is 5. The third-order valence-electron chi connectivity index (χ3n) is 2.77. The van der Waals surface area contributed by atoms with Crippen molar-refractivity contribution in [2.24, 2.45) is 0 Å². The van der Waals surface area contributed by atoms with Crippen molar-refractivity contribution in [2.45, 2.75) is 26.0 Å². The SMILES string of the molecule is CCC(O)c1cn(CCN2C(=O)CNC2=O)nn1. The lowest BCUT2D eigenvalue weighted by Crippen LogP contribution is -2.33. The van der Waals surface area contributed by atoms with Gasteiger partial charge >= 0.3 is 6.03 Å². The molecule has 0 aromatic carbocycles. The Morgan fingerprint density at radius 2 is 2.28 bits per heavy atom. The van der Waals surface area contributed by atoms with Gasteiger partial charge in [-0.25, -0.2) is 4.79 Å². The summed E-state index contributed by atoms with van der Waals surface area (Å²) in [7, 11) is 0. The van der Waals surface area contributed by atoms with E-state index in [4.69, 9.17) is 0 Å². The highest BCUT2D eigenvalue weighted by Gasteiger charge is 2.27. The molecule has 8 nitrogen and oxygen atoms in total. The largest absolute Gasteiger partial charge is 0.387 e. The van der Waals surface area contributed by atoms with Crippen LogP contribution >= 0.6 is 0 Å². The Labute approximate surface area is 104 Å². The van der Waals surface area contributed by atoms with Gasteiger partial charge in [-0.3, -0.25) is 14.4 Å². The van der Waals surface area contributed by atoms with Crippen LogP contribution in [0.3, 0.4) is 0 Å². The predicted molar refractivity (Wildman–Crippen MR) is 60.4 cm³/mol. The van der Waals surface area contributed by atoms with Crippen LogP contribution in [0.25, 0.3) is 0 Å². The number of aromatic nitrogens is 3. The summed E-state index contributed by atoms with van der Waals surface area (Å²) < 4.78 is 1.51. The molecule has 1 saturated heterocycles. The van der Waals surface area contributed by atoms with Crippen LogP contribution in [0, 0.1) is 0 Å². The molecule has 1 unspecified atom stereocenters. The van der Waals surface area contributed by atoms with E-state index in [0.29, 0.717) is 18.7 Å². The van der Waals surface area contributed by atoms with E-state index in [1.165, 1.54) is 4.68 Å². The van der Waals surface area contributed by atoms with Gasteiger partial charge in [-0.1, -0.05) is 12.1 Å². The zero-order chi connectivity index (χ0) is 13.1. The molecule has 18 heavy (non-hydrogen) atoms. The molecule has 2 rings (SSSR count). The number of imide groups is 1. The first kappa shape index (κ1) is 12.5. The average molecular weight is 253 g/mol. The van der Waals surface area contributed by atoms with Gasteiger partial charge in [0.15, 0.2) is 0 Å². The highest BCUT2D eigenvalue weighted by molar-refractivity contribution is 6.01. The van der Waals surface area contributed by atoms with E-state index >= 15 is 0 Å². The van der Waals surface area contributed by atoms with Gasteiger partial charge in [0.25, 0.3) is 0 Å². The van der Waals surface area contributed by atoms with Crippen molar-refractivity contribution < 1.29 is 14.7 Å². The minimum absolute atomic E-state index is 0.0516. The maximum atomic E-state index is 11.3. The van der Waals surface area contributed by atoms with Crippen molar-refractivity contribution in [1.29, 1.82) is 0 Å². The third kappa shape index (κ3) is 2.48. The Bertz CT molecular complexity index is 442. The summed E-state index contributed by atoms with van der Waals surface area (Å²) in [6, 6.07) is -0.381. The zero-order valence-electron chi connectivity index (χ0n) is 10.0.